The summed E-state index contributed by atoms with van der Waals surface area (Å²) >= 11 is 0. The maximum Gasteiger partial charge on any atom is 0.325 e. The van der Waals surface area contributed by atoms with Gasteiger partial charge in [0, 0.05) is 12.7 Å². The number of esters is 1. The molecule has 0 radical (unpaired) electrons. The molecule has 0 fully saturated rings. The van der Waals surface area contributed by atoms with Gasteiger partial charge in [0.05, 0.1) is 12.8 Å². The second-order valence-electron chi connectivity index (χ2n) is 3.67. The number of methoxy groups -OCH3 is 1. The minimum Gasteiger partial charge on any atom is -0.468 e. The Bertz CT molecular complexity index is 325. The van der Waals surface area contributed by atoms with Crippen LogP contribution in [0.25, 0.3) is 0 Å². The van der Waals surface area contributed by atoms with Crippen LogP contribution in [0.5, 0.6) is 0 Å². The number of hydrogen-bond acceptors (Lipinski definition) is 5. The van der Waals surface area contributed by atoms with Crippen molar-refractivity contribution >= 4 is 5.97 Å². The van der Waals surface area contributed by atoms with Gasteiger partial charge in [-0.3, -0.25) is 10.1 Å². The second-order valence-corrected chi connectivity index (χ2v) is 3.67. The molecule has 0 aliphatic rings. The first-order valence-electron chi connectivity index (χ1n) is 4.64. The van der Waals surface area contributed by atoms with Crippen molar-refractivity contribution in [3.05, 3.63) is 24.3 Å². The van der Waals surface area contributed by atoms with E-state index in [-0.39, 0.29) is 5.97 Å². The molecule has 0 saturated heterocycles. The van der Waals surface area contributed by atoms with E-state index < -0.39 is 5.54 Å². The molecule has 0 aromatic carbocycles. The molecule has 0 spiro atoms. The molecule has 0 amide bonds. The molecule has 0 bridgehead atoms. The third kappa shape index (κ3) is 3.28. The largest absolute Gasteiger partial charge is 0.468 e. The van der Waals surface area contributed by atoms with E-state index in [1.54, 1.807) is 26.1 Å². The molecule has 15 heavy (non-hydrogen) atoms. The molecule has 0 aliphatic heterocycles. The summed E-state index contributed by atoms with van der Waals surface area (Å²) in [4.78, 5) is 19.2. The molecule has 0 aliphatic carbocycles. The number of ether oxygens (including phenoxy) is 1. The summed E-state index contributed by atoms with van der Waals surface area (Å²) in [7, 11) is 1.37. The Hall–Kier alpha value is -1.49. The molecule has 1 heterocycles. The van der Waals surface area contributed by atoms with Crippen molar-refractivity contribution in [2.45, 2.75) is 25.9 Å². The lowest BCUT2D eigenvalue weighted by Crippen LogP contribution is -2.47. The third-order valence-corrected chi connectivity index (χ3v) is 2.05. The minimum atomic E-state index is -0.709. The maximum absolute atomic E-state index is 11.3. The van der Waals surface area contributed by atoms with Crippen LogP contribution in [0.15, 0.2) is 18.6 Å². The smallest absolute Gasteiger partial charge is 0.325 e. The molecular weight excluding hydrogens is 194 g/mol. The summed E-state index contributed by atoms with van der Waals surface area (Å²) in [5.74, 6) is -0.295. The Morgan fingerprint density at radius 3 is 2.87 bits per heavy atom. The molecule has 82 valence electrons. The van der Waals surface area contributed by atoms with E-state index in [0.29, 0.717) is 6.54 Å². The van der Waals surface area contributed by atoms with Crippen LogP contribution in [-0.4, -0.2) is 28.6 Å². The molecule has 0 saturated carbocycles. The van der Waals surface area contributed by atoms with Gasteiger partial charge in [0.25, 0.3) is 0 Å². The Morgan fingerprint density at radius 1 is 1.60 bits per heavy atom. The highest BCUT2D eigenvalue weighted by Crippen LogP contribution is 2.05. The van der Waals surface area contributed by atoms with Gasteiger partial charge in [-0.1, -0.05) is 0 Å². The topological polar surface area (TPSA) is 64.1 Å². The van der Waals surface area contributed by atoms with E-state index in [4.69, 9.17) is 0 Å². The van der Waals surface area contributed by atoms with Crippen molar-refractivity contribution in [1.82, 2.24) is 15.3 Å². The van der Waals surface area contributed by atoms with Crippen LogP contribution >= 0.6 is 0 Å². The third-order valence-electron chi connectivity index (χ3n) is 2.05. The Labute approximate surface area is 88.9 Å². The lowest BCUT2D eigenvalue weighted by molar-refractivity contribution is -0.147. The van der Waals surface area contributed by atoms with Crippen molar-refractivity contribution in [3.63, 3.8) is 0 Å². The first-order chi connectivity index (χ1) is 7.06. The predicted molar refractivity (Wildman–Crippen MR) is 55.0 cm³/mol. The van der Waals surface area contributed by atoms with Gasteiger partial charge in [0.1, 0.15) is 11.9 Å². The van der Waals surface area contributed by atoms with Crippen LogP contribution in [0.4, 0.5) is 0 Å². The molecule has 0 unspecified atom stereocenters. The van der Waals surface area contributed by atoms with E-state index in [2.05, 4.69) is 20.0 Å². The van der Waals surface area contributed by atoms with E-state index in [1.807, 2.05) is 0 Å². The summed E-state index contributed by atoms with van der Waals surface area (Å²) in [6, 6.07) is 1.79. The SMILES string of the molecule is COC(=O)C(C)(C)NCc1ccncn1. The highest BCUT2D eigenvalue weighted by Gasteiger charge is 2.27. The van der Waals surface area contributed by atoms with Gasteiger partial charge in [-0.05, 0) is 19.9 Å². The lowest BCUT2D eigenvalue weighted by atomic mass is 10.1. The van der Waals surface area contributed by atoms with Crippen molar-refractivity contribution in [2.24, 2.45) is 0 Å². The average Bonchev–Trinajstić information content (AvgIpc) is 2.27. The molecule has 5 nitrogen and oxygen atoms in total. The number of carbonyl (C=O) groups is 1. The fourth-order valence-electron chi connectivity index (χ4n) is 1.06. The van der Waals surface area contributed by atoms with Crippen LogP contribution in [0, 0.1) is 0 Å². The predicted octanol–water partition coefficient (Wildman–Crippen LogP) is 0.518. The average molecular weight is 209 g/mol. The molecule has 1 aromatic heterocycles. The molecule has 0 atom stereocenters. The van der Waals surface area contributed by atoms with Crippen molar-refractivity contribution in [1.29, 1.82) is 0 Å². The molecule has 1 aromatic rings. The number of rotatable bonds is 4. The van der Waals surface area contributed by atoms with Gasteiger partial charge in [-0.2, -0.15) is 0 Å². The molecule has 5 heteroatoms. The normalized spacial score (nSPS) is 11.1. The van der Waals surface area contributed by atoms with Gasteiger partial charge in [-0.15, -0.1) is 0 Å². The van der Waals surface area contributed by atoms with Gasteiger partial charge in [-0.25, -0.2) is 9.97 Å². The standard InChI is InChI=1S/C10H15N3O2/c1-10(2,9(14)15-3)13-6-8-4-5-11-7-12-8/h4-5,7,13H,6H2,1-3H3. The lowest BCUT2D eigenvalue weighted by Gasteiger charge is -2.22. The highest BCUT2D eigenvalue weighted by atomic mass is 16.5. The van der Waals surface area contributed by atoms with Crippen LogP contribution in [0.3, 0.4) is 0 Å². The van der Waals surface area contributed by atoms with Crippen molar-refractivity contribution in [2.75, 3.05) is 7.11 Å². The summed E-state index contributed by atoms with van der Waals surface area (Å²) in [6.07, 6.45) is 3.14. The van der Waals surface area contributed by atoms with Crippen LogP contribution in [0.1, 0.15) is 19.5 Å². The summed E-state index contributed by atoms with van der Waals surface area (Å²) in [5.41, 5.74) is 0.127. The summed E-state index contributed by atoms with van der Waals surface area (Å²) in [6.45, 7) is 4.03. The fraction of sp³-hybridized carbons (Fsp3) is 0.500. The van der Waals surface area contributed by atoms with Crippen LogP contribution in [0.2, 0.25) is 0 Å². The van der Waals surface area contributed by atoms with Gasteiger partial charge >= 0.3 is 5.97 Å². The Morgan fingerprint density at radius 2 is 2.33 bits per heavy atom. The van der Waals surface area contributed by atoms with E-state index in [0.717, 1.165) is 5.69 Å². The number of nitrogens with zero attached hydrogens (tertiary/aromatic N) is 2. The number of aromatic nitrogens is 2. The molecule has 1 rings (SSSR count). The summed E-state index contributed by atoms with van der Waals surface area (Å²) < 4.78 is 4.67. The molecular formula is C10H15N3O2. The Balaban J connectivity index is 2.53. The van der Waals surface area contributed by atoms with E-state index in [9.17, 15) is 4.79 Å². The molecule has 1 N–H and O–H groups in total. The monoisotopic (exact) mass is 209 g/mol. The fourth-order valence-corrected chi connectivity index (χ4v) is 1.06. The van der Waals surface area contributed by atoms with E-state index >= 15 is 0 Å². The van der Waals surface area contributed by atoms with Gasteiger partial charge < -0.3 is 4.74 Å². The zero-order valence-electron chi connectivity index (χ0n) is 9.15. The Kier molecular flexibility index (Phi) is 3.74. The van der Waals surface area contributed by atoms with Crippen LogP contribution < -0.4 is 5.32 Å². The first-order valence-corrected chi connectivity index (χ1v) is 4.64. The van der Waals surface area contributed by atoms with Gasteiger partial charge in [0.15, 0.2) is 0 Å². The number of carbonyl (C=O) groups excluding carboxylic acids is 1. The zero-order valence-corrected chi connectivity index (χ0v) is 9.15. The first kappa shape index (κ1) is 11.6. The maximum atomic E-state index is 11.3. The van der Waals surface area contributed by atoms with Crippen LogP contribution in [-0.2, 0) is 16.1 Å². The van der Waals surface area contributed by atoms with Gasteiger partial charge in [0.2, 0.25) is 0 Å². The van der Waals surface area contributed by atoms with Crippen molar-refractivity contribution in [3.8, 4) is 0 Å². The summed E-state index contributed by atoms with van der Waals surface area (Å²) in [5, 5.41) is 3.06. The number of nitrogens with one attached hydrogen (secondary N) is 1. The minimum absolute atomic E-state index is 0.295. The second kappa shape index (κ2) is 4.84. The highest BCUT2D eigenvalue weighted by molar-refractivity contribution is 5.79. The number of hydrogen-bond donors (Lipinski definition) is 1. The quantitative estimate of drug-likeness (QED) is 0.732. The van der Waals surface area contributed by atoms with E-state index in [1.165, 1.54) is 13.4 Å². The zero-order chi connectivity index (χ0) is 11.3. The van der Waals surface area contributed by atoms with Crippen molar-refractivity contribution < 1.29 is 9.53 Å².